The first kappa shape index (κ1) is 10.6. The first-order valence-corrected chi connectivity index (χ1v) is 6.24. The van der Waals surface area contributed by atoms with Crippen LogP contribution < -0.4 is 4.74 Å². The number of halogens is 1. The van der Waals surface area contributed by atoms with E-state index in [9.17, 15) is 0 Å². The molecule has 0 radical (unpaired) electrons. The zero-order valence-electron chi connectivity index (χ0n) is 9.41. The minimum atomic E-state index is 0.875. The highest BCUT2D eigenvalue weighted by molar-refractivity contribution is 9.10. The van der Waals surface area contributed by atoms with Gasteiger partial charge in [-0.15, -0.1) is 0 Å². The fourth-order valence-electron chi connectivity index (χ4n) is 2.19. The van der Waals surface area contributed by atoms with Gasteiger partial charge >= 0.3 is 0 Å². The molecule has 0 aliphatic carbocycles. The molecule has 0 aliphatic rings. The van der Waals surface area contributed by atoms with Gasteiger partial charge in [-0.2, -0.15) is 0 Å². The van der Waals surface area contributed by atoms with Crippen LogP contribution in [-0.4, -0.2) is 7.11 Å². The molecule has 3 aromatic carbocycles. The van der Waals surface area contributed by atoms with Gasteiger partial charge in [0.15, 0.2) is 0 Å². The summed E-state index contributed by atoms with van der Waals surface area (Å²) in [5.74, 6) is 0.875. The number of hydrogen-bond donors (Lipinski definition) is 0. The summed E-state index contributed by atoms with van der Waals surface area (Å²) in [5.41, 5.74) is 0. The molecule has 0 fully saturated rings. The van der Waals surface area contributed by atoms with Gasteiger partial charge in [0.05, 0.1) is 7.11 Å². The lowest BCUT2D eigenvalue weighted by molar-refractivity contribution is 0.415. The Morgan fingerprint density at radius 1 is 0.941 bits per heavy atom. The van der Waals surface area contributed by atoms with Crippen LogP contribution in [0.3, 0.4) is 0 Å². The molecule has 3 aromatic rings. The van der Waals surface area contributed by atoms with Gasteiger partial charge in [-0.1, -0.05) is 36.4 Å². The standard InChI is InChI=1S/C15H11BrO/c1-17-12-8-11-7-6-10-4-2-3-5-13(10)15(11)14(16)9-12/h2-9H,1H3. The fourth-order valence-corrected chi connectivity index (χ4v) is 2.85. The predicted octanol–water partition coefficient (Wildman–Crippen LogP) is 4.76. The lowest BCUT2D eigenvalue weighted by atomic mass is 10.0. The highest BCUT2D eigenvalue weighted by Gasteiger charge is 2.06. The summed E-state index contributed by atoms with van der Waals surface area (Å²) >= 11 is 3.63. The van der Waals surface area contributed by atoms with Gasteiger partial charge in [0, 0.05) is 9.86 Å². The first-order chi connectivity index (χ1) is 8.29. The van der Waals surface area contributed by atoms with Crippen molar-refractivity contribution in [2.75, 3.05) is 7.11 Å². The van der Waals surface area contributed by atoms with Gasteiger partial charge in [-0.25, -0.2) is 0 Å². The van der Waals surface area contributed by atoms with Crippen LogP contribution in [0.15, 0.2) is 53.0 Å². The van der Waals surface area contributed by atoms with E-state index >= 15 is 0 Å². The number of ether oxygens (including phenoxy) is 1. The van der Waals surface area contributed by atoms with E-state index in [2.05, 4.69) is 58.4 Å². The zero-order chi connectivity index (χ0) is 11.8. The van der Waals surface area contributed by atoms with E-state index in [-0.39, 0.29) is 0 Å². The van der Waals surface area contributed by atoms with E-state index in [1.165, 1.54) is 21.5 Å². The Hall–Kier alpha value is -1.54. The van der Waals surface area contributed by atoms with Crippen molar-refractivity contribution in [3.05, 3.63) is 53.0 Å². The molecule has 0 bridgehead atoms. The van der Waals surface area contributed by atoms with Gasteiger partial charge in [0.2, 0.25) is 0 Å². The van der Waals surface area contributed by atoms with E-state index < -0.39 is 0 Å². The molecular weight excluding hydrogens is 276 g/mol. The van der Waals surface area contributed by atoms with Gasteiger partial charge in [0.25, 0.3) is 0 Å². The Morgan fingerprint density at radius 3 is 2.53 bits per heavy atom. The van der Waals surface area contributed by atoms with Gasteiger partial charge < -0.3 is 4.74 Å². The third kappa shape index (κ3) is 1.69. The maximum absolute atomic E-state index is 5.29. The summed E-state index contributed by atoms with van der Waals surface area (Å²) in [5, 5.41) is 4.95. The highest BCUT2D eigenvalue weighted by atomic mass is 79.9. The van der Waals surface area contributed by atoms with Crippen LogP contribution in [0.1, 0.15) is 0 Å². The number of methoxy groups -OCH3 is 1. The van der Waals surface area contributed by atoms with Crippen LogP contribution in [0.5, 0.6) is 5.75 Å². The molecule has 0 saturated heterocycles. The van der Waals surface area contributed by atoms with E-state index in [0.717, 1.165) is 10.2 Å². The minimum absolute atomic E-state index is 0.875. The molecule has 3 rings (SSSR count). The summed E-state index contributed by atoms with van der Waals surface area (Å²) in [7, 11) is 1.69. The Balaban J connectivity index is 2.50. The van der Waals surface area contributed by atoms with Crippen molar-refractivity contribution >= 4 is 37.5 Å². The molecule has 0 aliphatic heterocycles. The molecule has 0 atom stereocenters. The molecule has 0 N–H and O–H groups in total. The molecular formula is C15H11BrO. The van der Waals surface area contributed by atoms with Crippen molar-refractivity contribution in [1.29, 1.82) is 0 Å². The second kappa shape index (κ2) is 4.04. The topological polar surface area (TPSA) is 9.23 Å². The molecule has 2 heteroatoms. The lowest BCUT2D eigenvalue weighted by Gasteiger charge is -2.08. The molecule has 17 heavy (non-hydrogen) atoms. The maximum Gasteiger partial charge on any atom is 0.120 e. The summed E-state index contributed by atoms with van der Waals surface area (Å²) in [6.45, 7) is 0. The summed E-state index contributed by atoms with van der Waals surface area (Å²) in [4.78, 5) is 0. The van der Waals surface area contributed by atoms with E-state index in [1.807, 2.05) is 6.07 Å². The monoisotopic (exact) mass is 286 g/mol. The smallest absolute Gasteiger partial charge is 0.120 e. The van der Waals surface area contributed by atoms with Gasteiger partial charge in [-0.3, -0.25) is 0 Å². The second-order valence-electron chi connectivity index (χ2n) is 3.99. The van der Waals surface area contributed by atoms with Crippen molar-refractivity contribution in [2.45, 2.75) is 0 Å². The van der Waals surface area contributed by atoms with Crippen molar-refractivity contribution in [3.8, 4) is 5.75 Å². The molecule has 0 saturated carbocycles. The molecule has 0 unspecified atom stereocenters. The number of rotatable bonds is 1. The number of hydrogen-bond acceptors (Lipinski definition) is 1. The van der Waals surface area contributed by atoms with E-state index in [0.29, 0.717) is 0 Å². The van der Waals surface area contributed by atoms with Crippen molar-refractivity contribution < 1.29 is 4.74 Å². The summed E-state index contributed by atoms with van der Waals surface area (Å²) < 4.78 is 6.36. The summed E-state index contributed by atoms with van der Waals surface area (Å²) in [6, 6.07) is 16.8. The Labute approximate surface area is 108 Å². The predicted molar refractivity (Wildman–Crippen MR) is 75.7 cm³/mol. The Morgan fingerprint density at radius 2 is 1.71 bits per heavy atom. The summed E-state index contributed by atoms with van der Waals surface area (Å²) in [6.07, 6.45) is 0. The molecule has 0 spiro atoms. The maximum atomic E-state index is 5.29. The average Bonchev–Trinajstić information content (AvgIpc) is 2.37. The zero-order valence-corrected chi connectivity index (χ0v) is 11.0. The highest BCUT2D eigenvalue weighted by Crippen LogP contribution is 2.34. The normalized spacial score (nSPS) is 10.9. The number of fused-ring (bicyclic) bond motifs is 3. The van der Waals surface area contributed by atoms with Gasteiger partial charge in [-0.05, 0) is 44.2 Å². The largest absolute Gasteiger partial charge is 0.497 e. The quantitative estimate of drug-likeness (QED) is 0.586. The molecule has 84 valence electrons. The lowest BCUT2D eigenvalue weighted by Crippen LogP contribution is -1.85. The minimum Gasteiger partial charge on any atom is -0.497 e. The number of benzene rings is 3. The molecule has 0 aromatic heterocycles. The van der Waals surface area contributed by atoms with Crippen LogP contribution in [0.4, 0.5) is 0 Å². The van der Waals surface area contributed by atoms with E-state index in [4.69, 9.17) is 4.74 Å². The van der Waals surface area contributed by atoms with E-state index in [1.54, 1.807) is 7.11 Å². The fraction of sp³-hybridized carbons (Fsp3) is 0.0667. The van der Waals surface area contributed by atoms with Crippen LogP contribution >= 0.6 is 15.9 Å². The van der Waals surface area contributed by atoms with Crippen LogP contribution in [0.25, 0.3) is 21.5 Å². The third-order valence-electron chi connectivity index (χ3n) is 3.00. The van der Waals surface area contributed by atoms with Crippen LogP contribution in [-0.2, 0) is 0 Å². The Kier molecular flexibility index (Phi) is 2.52. The SMILES string of the molecule is COc1cc(Br)c2c(ccc3ccccc32)c1. The molecule has 1 nitrogen and oxygen atoms in total. The molecule has 0 heterocycles. The van der Waals surface area contributed by atoms with Crippen LogP contribution in [0, 0.1) is 0 Å². The van der Waals surface area contributed by atoms with Crippen molar-refractivity contribution in [1.82, 2.24) is 0 Å². The first-order valence-electron chi connectivity index (χ1n) is 5.44. The third-order valence-corrected chi connectivity index (χ3v) is 3.63. The Bertz CT molecular complexity index is 704. The second-order valence-corrected chi connectivity index (χ2v) is 4.85. The van der Waals surface area contributed by atoms with Crippen molar-refractivity contribution in [3.63, 3.8) is 0 Å². The average molecular weight is 287 g/mol. The van der Waals surface area contributed by atoms with Gasteiger partial charge in [0.1, 0.15) is 5.75 Å². The molecule has 0 amide bonds. The van der Waals surface area contributed by atoms with Crippen molar-refractivity contribution in [2.24, 2.45) is 0 Å². The van der Waals surface area contributed by atoms with Crippen LogP contribution in [0.2, 0.25) is 0 Å².